The maximum Gasteiger partial charge on any atom is 0.255 e. The molecule has 0 aliphatic heterocycles. The van der Waals surface area contributed by atoms with E-state index >= 15 is 0 Å². The van der Waals surface area contributed by atoms with Crippen LogP contribution in [0.3, 0.4) is 0 Å². The minimum absolute atomic E-state index is 0.161. The van der Waals surface area contributed by atoms with E-state index in [-0.39, 0.29) is 18.2 Å². The molecule has 10 heteroatoms. The lowest BCUT2D eigenvalue weighted by Gasteiger charge is -2.27. The zero-order valence-corrected chi connectivity index (χ0v) is 19.6. The van der Waals surface area contributed by atoms with Crippen LogP contribution in [0.5, 0.6) is 0 Å². The molecule has 0 spiro atoms. The van der Waals surface area contributed by atoms with Crippen molar-refractivity contribution in [3.63, 3.8) is 0 Å². The van der Waals surface area contributed by atoms with Gasteiger partial charge in [0.25, 0.3) is 5.91 Å². The van der Waals surface area contributed by atoms with E-state index in [0.717, 1.165) is 12.8 Å². The summed E-state index contributed by atoms with van der Waals surface area (Å²) in [4.78, 5) is 17.4. The Morgan fingerprint density at radius 2 is 2.14 bits per heavy atom. The number of halogens is 2. The minimum Gasteiger partial charge on any atom is -0.387 e. The Morgan fingerprint density at radius 1 is 1.34 bits per heavy atom. The molecule has 35 heavy (non-hydrogen) atoms. The largest absolute Gasteiger partial charge is 0.387 e. The van der Waals surface area contributed by atoms with Crippen LogP contribution in [0.25, 0.3) is 16.9 Å². The van der Waals surface area contributed by atoms with Crippen molar-refractivity contribution in [2.45, 2.75) is 63.5 Å². The third-order valence-electron chi connectivity index (χ3n) is 6.22. The standard InChI is InChI=1S/C25H28F2N6O2/c1-25(2,35)23(27)14-30-24(34)19-13-29-21(10-20(19)32-17-5-3-4-16(26)9-17)22-7-6-18-8-15(11-28)12-31-33(18)22/h6-8,10,12-13,16-17,23,35H,3-5,9,14H2,1-2H3,(H,29,32)(H,30,34)/t16?,17-,23?/m0/s1. The lowest BCUT2D eigenvalue weighted by atomic mass is 9.93. The monoisotopic (exact) mass is 482 g/mol. The van der Waals surface area contributed by atoms with Gasteiger partial charge in [0.05, 0.1) is 52.1 Å². The normalized spacial score (nSPS) is 19.2. The number of carbonyl (C=O) groups is 1. The van der Waals surface area contributed by atoms with Crippen LogP contribution < -0.4 is 10.6 Å². The Balaban J connectivity index is 1.66. The Hall–Kier alpha value is -3.58. The number of pyridine rings is 1. The van der Waals surface area contributed by atoms with Gasteiger partial charge in [-0.2, -0.15) is 10.4 Å². The molecular formula is C25H28F2N6O2. The summed E-state index contributed by atoms with van der Waals surface area (Å²) in [6, 6.07) is 8.92. The highest BCUT2D eigenvalue weighted by Crippen LogP contribution is 2.29. The van der Waals surface area contributed by atoms with Crippen LogP contribution in [0, 0.1) is 11.3 Å². The number of anilines is 1. The number of aromatic nitrogens is 3. The van der Waals surface area contributed by atoms with Crippen molar-refractivity contribution < 1.29 is 18.7 Å². The van der Waals surface area contributed by atoms with E-state index < -0.39 is 23.9 Å². The topological polar surface area (TPSA) is 115 Å². The number of aliphatic hydroxyl groups is 1. The fourth-order valence-electron chi connectivity index (χ4n) is 4.16. The van der Waals surface area contributed by atoms with Gasteiger partial charge in [-0.15, -0.1) is 0 Å². The molecule has 1 fully saturated rings. The third-order valence-corrected chi connectivity index (χ3v) is 6.22. The van der Waals surface area contributed by atoms with Crippen LogP contribution >= 0.6 is 0 Å². The number of nitrogens with one attached hydrogen (secondary N) is 2. The predicted molar refractivity (Wildman–Crippen MR) is 127 cm³/mol. The molecular weight excluding hydrogens is 454 g/mol. The Morgan fingerprint density at radius 3 is 2.86 bits per heavy atom. The summed E-state index contributed by atoms with van der Waals surface area (Å²) in [6.45, 7) is 2.30. The molecule has 0 aromatic carbocycles. The van der Waals surface area contributed by atoms with E-state index in [1.165, 1.54) is 26.2 Å². The lowest BCUT2D eigenvalue weighted by Crippen LogP contribution is -2.42. The average molecular weight is 483 g/mol. The molecule has 2 unspecified atom stereocenters. The van der Waals surface area contributed by atoms with Crippen LogP contribution in [-0.2, 0) is 0 Å². The number of rotatable bonds is 7. The van der Waals surface area contributed by atoms with E-state index in [4.69, 9.17) is 5.26 Å². The van der Waals surface area contributed by atoms with Crippen LogP contribution in [0.2, 0.25) is 0 Å². The molecule has 4 rings (SSSR count). The number of amides is 1. The van der Waals surface area contributed by atoms with Crippen molar-refractivity contribution in [2.24, 2.45) is 0 Å². The van der Waals surface area contributed by atoms with Crippen LogP contribution in [-0.4, -0.2) is 56.1 Å². The number of hydrogen-bond acceptors (Lipinski definition) is 6. The summed E-state index contributed by atoms with van der Waals surface area (Å²) >= 11 is 0. The van der Waals surface area contributed by atoms with Gasteiger partial charge in [0.2, 0.25) is 0 Å². The van der Waals surface area contributed by atoms with Crippen LogP contribution in [0.15, 0.2) is 36.7 Å². The molecule has 3 aromatic heterocycles. The molecule has 0 bridgehead atoms. The molecule has 184 valence electrons. The van der Waals surface area contributed by atoms with Gasteiger partial charge in [-0.3, -0.25) is 9.78 Å². The van der Waals surface area contributed by atoms with E-state index in [0.29, 0.717) is 41.0 Å². The van der Waals surface area contributed by atoms with Gasteiger partial charge in [0.1, 0.15) is 18.4 Å². The third kappa shape index (κ3) is 5.57. The maximum atomic E-state index is 14.2. The van der Waals surface area contributed by atoms with E-state index in [9.17, 15) is 18.7 Å². The number of carbonyl (C=O) groups excluding carboxylic acids is 1. The summed E-state index contributed by atoms with van der Waals surface area (Å²) in [5, 5.41) is 29.0. The molecule has 0 radical (unpaired) electrons. The van der Waals surface area contributed by atoms with E-state index in [1.54, 1.807) is 16.6 Å². The lowest BCUT2D eigenvalue weighted by molar-refractivity contribution is -0.00177. The Bertz CT molecular complexity index is 1260. The number of alkyl halides is 2. The molecule has 8 nitrogen and oxygen atoms in total. The van der Waals surface area contributed by atoms with Crippen LogP contribution in [0.1, 0.15) is 55.5 Å². The van der Waals surface area contributed by atoms with Gasteiger partial charge in [0, 0.05) is 12.2 Å². The fourth-order valence-corrected chi connectivity index (χ4v) is 4.16. The number of hydrogen-bond donors (Lipinski definition) is 3. The van der Waals surface area contributed by atoms with Crippen molar-refractivity contribution in [1.82, 2.24) is 19.9 Å². The zero-order valence-electron chi connectivity index (χ0n) is 19.6. The Labute approximate surface area is 202 Å². The second kappa shape index (κ2) is 9.96. The first-order valence-corrected chi connectivity index (χ1v) is 11.6. The van der Waals surface area contributed by atoms with Gasteiger partial charge in [0.15, 0.2) is 0 Å². The molecule has 3 atom stereocenters. The van der Waals surface area contributed by atoms with E-state index in [2.05, 4.69) is 26.8 Å². The van der Waals surface area contributed by atoms with Crippen molar-refractivity contribution >= 4 is 17.1 Å². The molecule has 1 aliphatic rings. The second-order valence-corrected chi connectivity index (χ2v) is 9.46. The highest BCUT2D eigenvalue weighted by atomic mass is 19.1. The summed E-state index contributed by atoms with van der Waals surface area (Å²) in [5.74, 6) is -0.553. The minimum atomic E-state index is -1.66. The second-order valence-electron chi connectivity index (χ2n) is 9.46. The zero-order chi connectivity index (χ0) is 25.2. The van der Waals surface area contributed by atoms with Crippen molar-refractivity contribution in [3.8, 4) is 17.5 Å². The summed E-state index contributed by atoms with van der Waals surface area (Å²) in [5.41, 5.74) is 1.37. The molecule has 0 saturated heterocycles. The Kier molecular flexibility index (Phi) is 6.98. The predicted octanol–water partition coefficient (Wildman–Crippen LogP) is 3.80. The first-order chi connectivity index (χ1) is 16.7. The highest BCUT2D eigenvalue weighted by Gasteiger charge is 2.28. The molecule has 3 aromatic rings. The first-order valence-electron chi connectivity index (χ1n) is 11.6. The average Bonchev–Trinajstić information content (AvgIpc) is 3.25. The van der Waals surface area contributed by atoms with Gasteiger partial charge >= 0.3 is 0 Å². The van der Waals surface area contributed by atoms with Crippen molar-refractivity contribution in [3.05, 3.63) is 47.8 Å². The first kappa shape index (κ1) is 24.5. The fraction of sp³-hybridized carbons (Fsp3) is 0.440. The SMILES string of the molecule is CC(C)(O)C(F)CNC(=O)c1cnc(-c2ccc3cc(C#N)cnn23)cc1N[C@H]1CCCC(F)C1. The quantitative estimate of drug-likeness (QED) is 0.472. The maximum absolute atomic E-state index is 14.2. The van der Waals surface area contributed by atoms with Crippen molar-refractivity contribution in [2.75, 3.05) is 11.9 Å². The van der Waals surface area contributed by atoms with Gasteiger partial charge < -0.3 is 15.7 Å². The molecule has 1 aliphatic carbocycles. The summed E-state index contributed by atoms with van der Waals surface area (Å²) in [7, 11) is 0. The number of fused-ring (bicyclic) bond motifs is 1. The summed E-state index contributed by atoms with van der Waals surface area (Å²) in [6.07, 6.45) is 2.63. The van der Waals surface area contributed by atoms with E-state index in [1.807, 2.05) is 12.1 Å². The molecule has 3 heterocycles. The number of nitrogens with zero attached hydrogens (tertiary/aromatic N) is 4. The molecule has 1 amide bonds. The van der Waals surface area contributed by atoms with Crippen LogP contribution in [0.4, 0.5) is 14.5 Å². The summed E-state index contributed by atoms with van der Waals surface area (Å²) < 4.78 is 29.9. The molecule has 1 saturated carbocycles. The smallest absolute Gasteiger partial charge is 0.255 e. The molecule has 3 N–H and O–H groups in total. The number of nitriles is 1. The van der Waals surface area contributed by atoms with Gasteiger partial charge in [-0.1, -0.05) is 0 Å². The van der Waals surface area contributed by atoms with Gasteiger partial charge in [-0.05, 0) is 63.8 Å². The van der Waals surface area contributed by atoms with Crippen molar-refractivity contribution in [1.29, 1.82) is 5.26 Å². The van der Waals surface area contributed by atoms with Gasteiger partial charge in [-0.25, -0.2) is 13.3 Å². The highest BCUT2D eigenvalue weighted by molar-refractivity contribution is 6.00.